The summed E-state index contributed by atoms with van der Waals surface area (Å²) in [5, 5.41) is 9.35. The third-order valence-electron chi connectivity index (χ3n) is 3.14. The van der Waals surface area contributed by atoms with Crippen LogP contribution in [0.5, 0.6) is 0 Å². The van der Waals surface area contributed by atoms with Gasteiger partial charge < -0.3 is 14.1 Å². The first-order chi connectivity index (χ1) is 10.1. The van der Waals surface area contributed by atoms with E-state index in [4.69, 9.17) is 9.15 Å². The number of aryl methyl sites for hydroxylation is 1. The number of allylic oxidation sites excluding steroid dienone is 1. The SMILES string of the molecule is CCOC(=O)c1c(C)[nH]c(C(C#N)=Cc2ccco2)c1C. The topological polar surface area (TPSA) is 79.0 Å². The van der Waals surface area contributed by atoms with Crippen LogP contribution in [-0.4, -0.2) is 17.6 Å². The Hall–Kier alpha value is -2.74. The minimum Gasteiger partial charge on any atom is -0.465 e. The van der Waals surface area contributed by atoms with Crippen molar-refractivity contribution in [2.75, 3.05) is 6.61 Å². The van der Waals surface area contributed by atoms with Crippen molar-refractivity contribution in [3.05, 3.63) is 46.7 Å². The summed E-state index contributed by atoms with van der Waals surface area (Å²) in [4.78, 5) is 15.0. The Morgan fingerprint density at radius 3 is 2.86 bits per heavy atom. The molecular formula is C16H16N2O3. The lowest BCUT2D eigenvalue weighted by Crippen LogP contribution is -2.06. The molecule has 5 nitrogen and oxygen atoms in total. The van der Waals surface area contributed by atoms with Gasteiger partial charge in [0.25, 0.3) is 0 Å². The van der Waals surface area contributed by atoms with E-state index in [9.17, 15) is 10.1 Å². The highest BCUT2D eigenvalue weighted by Gasteiger charge is 2.21. The number of furan rings is 1. The number of nitriles is 1. The number of hydrogen-bond acceptors (Lipinski definition) is 4. The molecule has 0 fully saturated rings. The summed E-state index contributed by atoms with van der Waals surface area (Å²) in [5.41, 5.74) is 2.87. The molecule has 0 spiro atoms. The molecule has 0 saturated carbocycles. The molecule has 0 aliphatic carbocycles. The average Bonchev–Trinajstić information content (AvgIpc) is 3.04. The number of nitrogens with zero attached hydrogens (tertiary/aromatic N) is 1. The van der Waals surface area contributed by atoms with E-state index in [0.717, 1.165) is 0 Å². The largest absolute Gasteiger partial charge is 0.465 e. The number of aromatic nitrogens is 1. The van der Waals surface area contributed by atoms with Gasteiger partial charge in [-0.25, -0.2) is 4.79 Å². The first-order valence-electron chi connectivity index (χ1n) is 6.60. The highest BCUT2D eigenvalue weighted by atomic mass is 16.5. The van der Waals surface area contributed by atoms with E-state index >= 15 is 0 Å². The van der Waals surface area contributed by atoms with Gasteiger partial charge >= 0.3 is 5.97 Å². The number of carbonyl (C=O) groups excluding carboxylic acids is 1. The fourth-order valence-electron chi connectivity index (χ4n) is 2.20. The van der Waals surface area contributed by atoms with Crippen molar-refractivity contribution in [3.63, 3.8) is 0 Å². The molecule has 0 bridgehead atoms. The number of esters is 1. The summed E-state index contributed by atoms with van der Waals surface area (Å²) < 4.78 is 10.3. The molecule has 2 rings (SSSR count). The second-order valence-electron chi connectivity index (χ2n) is 4.53. The van der Waals surface area contributed by atoms with Crippen LogP contribution in [0, 0.1) is 25.2 Å². The molecule has 0 aromatic carbocycles. The van der Waals surface area contributed by atoms with E-state index in [0.29, 0.717) is 40.5 Å². The number of aromatic amines is 1. The molecule has 1 N–H and O–H groups in total. The molecule has 108 valence electrons. The number of nitrogens with one attached hydrogen (secondary N) is 1. The van der Waals surface area contributed by atoms with Gasteiger partial charge in [0.15, 0.2) is 0 Å². The summed E-state index contributed by atoms with van der Waals surface area (Å²) in [6.45, 7) is 5.64. The Morgan fingerprint density at radius 1 is 1.52 bits per heavy atom. The van der Waals surface area contributed by atoms with Crippen LogP contribution in [0.15, 0.2) is 22.8 Å². The van der Waals surface area contributed by atoms with Gasteiger partial charge in [-0.05, 0) is 38.5 Å². The Kier molecular flexibility index (Phi) is 4.29. The van der Waals surface area contributed by atoms with Gasteiger partial charge in [0, 0.05) is 11.8 Å². The summed E-state index contributed by atoms with van der Waals surface area (Å²) in [6, 6.07) is 5.63. The fourth-order valence-corrected chi connectivity index (χ4v) is 2.20. The zero-order chi connectivity index (χ0) is 15.4. The minimum atomic E-state index is -0.384. The number of hydrogen-bond donors (Lipinski definition) is 1. The van der Waals surface area contributed by atoms with Gasteiger partial charge in [0.2, 0.25) is 0 Å². The van der Waals surface area contributed by atoms with Crippen LogP contribution in [0.1, 0.15) is 40.0 Å². The Balaban J connectivity index is 2.48. The van der Waals surface area contributed by atoms with E-state index in [1.807, 2.05) is 0 Å². The molecular weight excluding hydrogens is 268 g/mol. The van der Waals surface area contributed by atoms with E-state index in [1.54, 1.807) is 39.0 Å². The van der Waals surface area contributed by atoms with E-state index in [-0.39, 0.29) is 5.97 Å². The Bertz CT molecular complexity index is 716. The van der Waals surface area contributed by atoms with Crippen LogP contribution in [-0.2, 0) is 4.74 Å². The van der Waals surface area contributed by atoms with Gasteiger partial charge in [0.1, 0.15) is 11.8 Å². The van der Waals surface area contributed by atoms with Crippen LogP contribution in [0.25, 0.3) is 11.6 Å². The lowest BCUT2D eigenvalue weighted by atomic mass is 10.1. The van der Waals surface area contributed by atoms with Crippen LogP contribution in [0.4, 0.5) is 0 Å². The van der Waals surface area contributed by atoms with Crippen molar-refractivity contribution < 1.29 is 13.9 Å². The molecule has 2 heterocycles. The van der Waals surface area contributed by atoms with Crippen LogP contribution >= 0.6 is 0 Å². The molecule has 0 atom stereocenters. The monoisotopic (exact) mass is 284 g/mol. The van der Waals surface area contributed by atoms with Crippen molar-refractivity contribution in [1.29, 1.82) is 5.26 Å². The Labute approximate surface area is 122 Å². The summed E-state index contributed by atoms with van der Waals surface area (Å²) >= 11 is 0. The molecule has 2 aromatic rings. The molecule has 0 amide bonds. The Morgan fingerprint density at radius 2 is 2.29 bits per heavy atom. The van der Waals surface area contributed by atoms with Gasteiger partial charge in [-0.2, -0.15) is 5.26 Å². The molecule has 0 unspecified atom stereocenters. The summed E-state index contributed by atoms with van der Waals surface area (Å²) in [6.07, 6.45) is 3.17. The van der Waals surface area contributed by atoms with Crippen LogP contribution in [0.3, 0.4) is 0 Å². The smallest absolute Gasteiger partial charge is 0.340 e. The maximum atomic E-state index is 12.0. The molecule has 2 aromatic heterocycles. The number of carbonyl (C=O) groups is 1. The molecule has 5 heteroatoms. The van der Waals surface area contributed by atoms with Crippen LogP contribution < -0.4 is 0 Å². The third kappa shape index (κ3) is 2.90. The average molecular weight is 284 g/mol. The summed E-state index contributed by atoms with van der Waals surface area (Å²) in [5.74, 6) is 0.196. The molecule has 21 heavy (non-hydrogen) atoms. The van der Waals surface area contributed by atoms with Gasteiger partial charge in [-0.3, -0.25) is 0 Å². The van der Waals surface area contributed by atoms with E-state index in [2.05, 4.69) is 11.1 Å². The van der Waals surface area contributed by atoms with Crippen molar-refractivity contribution in [2.24, 2.45) is 0 Å². The lowest BCUT2D eigenvalue weighted by Gasteiger charge is -2.02. The fraction of sp³-hybridized carbons (Fsp3) is 0.250. The van der Waals surface area contributed by atoms with Crippen LogP contribution in [0.2, 0.25) is 0 Å². The van der Waals surface area contributed by atoms with Crippen molar-refractivity contribution in [1.82, 2.24) is 4.98 Å². The number of H-pyrrole nitrogens is 1. The standard InChI is InChI=1S/C16H16N2O3/c1-4-20-16(19)14-10(2)15(18-11(14)3)12(9-17)8-13-6-5-7-21-13/h5-8,18H,4H2,1-3H3. The maximum absolute atomic E-state index is 12.0. The van der Waals surface area contributed by atoms with Crippen molar-refractivity contribution in [3.8, 4) is 6.07 Å². The highest BCUT2D eigenvalue weighted by Crippen LogP contribution is 2.26. The van der Waals surface area contributed by atoms with Crippen molar-refractivity contribution >= 4 is 17.6 Å². The molecule has 0 aliphatic heterocycles. The zero-order valence-electron chi connectivity index (χ0n) is 12.2. The number of rotatable bonds is 4. The predicted molar refractivity (Wildman–Crippen MR) is 78.4 cm³/mol. The first kappa shape index (κ1) is 14.7. The van der Waals surface area contributed by atoms with E-state index in [1.165, 1.54) is 6.26 Å². The zero-order valence-corrected chi connectivity index (χ0v) is 12.2. The minimum absolute atomic E-state index is 0.311. The second kappa shape index (κ2) is 6.14. The quantitative estimate of drug-likeness (QED) is 0.688. The van der Waals surface area contributed by atoms with Gasteiger partial charge in [-0.1, -0.05) is 0 Å². The first-order valence-corrected chi connectivity index (χ1v) is 6.60. The normalized spacial score (nSPS) is 11.2. The van der Waals surface area contributed by atoms with E-state index < -0.39 is 0 Å². The van der Waals surface area contributed by atoms with Gasteiger partial charge in [0.05, 0.1) is 29.7 Å². The molecule has 0 aliphatic rings. The maximum Gasteiger partial charge on any atom is 0.340 e. The molecule has 0 saturated heterocycles. The number of ether oxygens (including phenoxy) is 1. The second-order valence-corrected chi connectivity index (χ2v) is 4.53. The third-order valence-corrected chi connectivity index (χ3v) is 3.14. The lowest BCUT2D eigenvalue weighted by molar-refractivity contribution is 0.0525. The predicted octanol–water partition coefficient (Wildman–Crippen LogP) is 3.47. The van der Waals surface area contributed by atoms with Gasteiger partial charge in [-0.15, -0.1) is 0 Å². The highest BCUT2D eigenvalue weighted by molar-refractivity contribution is 5.97. The molecule has 0 radical (unpaired) electrons. The summed E-state index contributed by atoms with van der Waals surface area (Å²) in [7, 11) is 0. The van der Waals surface area contributed by atoms with Crippen molar-refractivity contribution in [2.45, 2.75) is 20.8 Å².